The van der Waals surface area contributed by atoms with Crippen molar-refractivity contribution in [2.45, 2.75) is 25.2 Å². The van der Waals surface area contributed by atoms with Gasteiger partial charge in [0.05, 0.1) is 0 Å². The standard InChI is InChI=1S/C12H13BrO3/c13-9-4-5-11(16-7-12(14)15)10(6-9)8-2-1-3-8/h4-6,8H,1-3,7H2,(H,14,15). The van der Waals surface area contributed by atoms with Gasteiger partial charge in [0.2, 0.25) is 0 Å². The van der Waals surface area contributed by atoms with Gasteiger partial charge in [0.1, 0.15) is 5.75 Å². The van der Waals surface area contributed by atoms with E-state index in [-0.39, 0.29) is 6.61 Å². The van der Waals surface area contributed by atoms with E-state index >= 15 is 0 Å². The summed E-state index contributed by atoms with van der Waals surface area (Å²) < 4.78 is 6.30. The van der Waals surface area contributed by atoms with Crippen LogP contribution in [-0.2, 0) is 4.79 Å². The van der Waals surface area contributed by atoms with E-state index in [1.165, 1.54) is 19.3 Å². The first-order valence-electron chi connectivity index (χ1n) is 5.31. The maximum absolute atomic E-state index is 10.5. The van der Waals surface area contributed by atoms with E-state index in [0.717, 1.165) is 10.0 Å². The van der Waals surface area contributed by atoms with E-state index in [2.05, 4.69) is 15.9 Å². The lowest BCUT2D eigenvalue weighted by Crippen LogP contribution is -2.14. The van der Waals surface area contributed by atoms with Crippen molar-refractivity contribution >= 4 is 21.9 Å². The number of hydrogen-bond donors (Lipinski definition) is 1. The van der Waals surface area contributed by atoms with Crippen LogP contribution in [-0.4, -0.2) is 17.7 Å². The van der Waals surface area contributed by atoms with Crippen LogP contribution in [0.4, 0.5) is 0 Å². The van der Waals surface area contributed by atoms with Gasteiger partial charge in [-0.25, -0.2) is 4.79 Å². The number of ether oxygens (including phenoxy) is 1. The SMILES string of the molecule is O=C(O)COc1ccc(Br)cc1C1CCC1. The number of aliphatic carboxylic acids is 1. The van der Waals surface area contributed by atoms with Gasteiger partial charge in [0.25, 0.3) is 0 Å². The molecule has 0 aromatic heterocycles. The third-order valence-electron chi connectivity index (χ3n) is 2.87. The molecular weight excluding hydrogens is 272 g/mol. The Hall–Kier alpha value is -1.03. The molecule has 0 saturated heterocycles. The topological polar surface area (TPSA) is 46.5 Å². The minimum absolute atomic E-state index is 0.276. The first-order valence-corrected chi connectivity index (χ1v) is 6.10. The molecule has 1 aromatic carbocycles. The lowest BCUT2D eigenvalue weighted by molar-refractivity contribution is -0.139. The van der Waals surface area contributed by atoms with Crippen molar-refractivity contribution in [3.63, 3.8) is 0 Å². The zero-order valence-electron chi connectivity index (χ0n) is 8.78. The fourth-order valence-electron chi connectivity index (χ4n) is 1.83. The summed E-state index contributed by atoms with van der Waals surface area (Å²) in [6, 6.07) is 5.74. The van der Waals surface area contributed by atoms with E-state index in [1.54, 1.807) is 0 Å². The van der Waals surface area contributed by atoms with Crippen molar-refractivity contribution in [1.29, 1.82) is 0 Å². The molecule has 0 spiro atoms. The molecule has 1 aliphatic carbocycles. The summed E-state index contributed by atoms with van der Waals surface area (Å²) in [5.41, 5.74) is 1.13. The Bertz CT molecular complexity index is 399. The summed E-state index contributed by atoms with van der Waals surface area (Å²) in [7, 11) is 0. The molecule has 0 unspecified atom stereocenters. The van der Waals surface area contributed by atoms with Crippen molar-refractivity contribution in [2.75, 3.05) is 6.61 Å². The molecule has 3 nitrogen and oxygen atoms in total. The van der Waals surface area contributed by atoms with Gasteiger partial charge in [-0.1, -0.05) is 22.4 Å². The van der Waals surface area contributed by atoms with Crippen LogP contribution >= 0.6 is 15.9 Å². The Labute approximate surface area is 103 Å². The number of benzene rings is 1. The smallest absolute Gasteiger partial charge is 0.341 e. The summed E-state index contributed by atoms with van der Waals surface area (Å²) >= 11 is 3.43. The maximum atomic E-state index is 10.5. The molecule has 86 valence electrons. The molecule has 0 heterocycles. The molecule has 0 amide bonds. The molecule has 0 aliphatic heterocycles. The lowest BCUT2D eigenvalue weighted by Gasteiger charge is -2.27. The molecule has 16 heavy (non-hydrogen) atoms. The largest absolute Gasteiger partial charge is 0.482 e. The Balaban J connectivity index is 2.17. The summed E-state index contributed by atoms with van der Waals surface area (Å²) in [6.45, 7) is -0.276. The summed E-state index contributed by atoms with van der Waals surface area (Å²) in [6.07, 6.45) is 3.58. The minimum Gasteiger partial charge on any atom is -0.482 e. The molecule has 2 rings (SSSR count). The van der Waals surface area contributed by atoms with E-state index in [9.17, 15) is 4.79 Å². The third kappa shape index (κ3) is 2.55. The summed E-state index contributed by atoms with van der Waals surface area (Å²) in [4.78, 5) is 10.5. The maximum Gasteiger partial charge on any atom is 0.341 e. The molecule has 1 aromatic rings. The van der Waals surface area contributed by atoms with Crippen LogP contribution in [0.1, 0.15) is 30.7 Å². The highest BCUT2D eigenvalue weighted by atomic mass is 79.9. The molecular formula is C12H13BrO3. The van der Waals surface area contributed by atoms with Crippen molar-refractivity contribution < 1.29 is 14.6 Å². The average Bonchev–Trinajstić information content (AvgIpc) is 2.13. The summed E-state index contributed by atoms with van der Waals surface area (Å²) in [5.74, 6) is 0.291. The Morgan fingerprint density at radius 3 is 2.81 bits per heavy atom. The van der Waals surface area contributed by atoms with E-state index in [1.807, 2.05) is 18.2 Å². The minimum atomic E-state index is -0.942. The second kappa shape index (κ2) is 4.87. The zero-order valence-corrected chi connectivity index (χ0v) is 10.4. The van der Waals surface area contributed by atoms with Crippen LogP contribution in [0.2, 0.25) is 0 Å². The van der Waals surface area contributed by atoms with Crippen molar-refractivity contribution in [1.82, 2.24) is 0 Å². The van der Waals surface area contributed by atoms with E-state index < -0.39 is 5.97 Å². The summed E-state index contributed by atoms with van der Waals surface area (Å²) in [5, 5.41) is 8.60. The Kier molecular flexibility index (Phi) is 3.49. The van der Waals surface area contributed by atoms with Gasteiger partial charge >= 0.3 is 5.97 Å². The number of carboxylic acids is 1. The first kappa shape index (κ1) is 11.5. The first-order chi connectivity index (χ1) is 7.66. The highest BCUT2D eigenvalue weighted by Crippen LogP contribution is 2.41. The normalized spacial score (nSPS) is 15.6. The molecule has 0 bridgehead atoms. The van der Waals surface area contributed by atoms with E-state index in [4.69, 9.17) is 9.84 Å². The monoisotopic (exact) mass is 284 g/mol. The quantitative estimate of drug-likeness (QED) is 0.924. The Morgan fingerprint density at radius 1 is 1.50 bits per heavy atom. The fraction of sp³-hybridized carbons (Fsp3) is 0.417. The van der Waals surface area contributed by atoms with Gasteiger partial charge in [0.15, 0.2) is 6.61 Å². The van der Waals surface area contributed by atoms with E-state index in [0.29, 0.717) is 11.7 Å². The van der Waals surface area contributed by atoms with Crippen molar-refractivity contribution in [2.24, 2.45) is 0 Å². The highest BCUT2D eigenvalue weighted by molar-refractivity contribution is 9.10. The van der Waals surface area contributed by atoms with Crippen molar-refractivity contribution in [3.8, 4) is 5.75 Å². The van der Waals surface area contributed by atoms with Gasteiger partial charge in [-0.15, -0.1) is 0 Å². The molecule has 0 radical (unpaired) electrons. The molecule has 4 heteroatoms. The van der Waals surface area contributed by atoms with Crippen LogP contribution in [0.15, 0.2) is 22.7 Å². The van der Waals surface area contributed by atoms with Crippen LogP contribution < -0.4 is 4.74 Å². The number of hydrogen-bond acceptors (Lipinski definition) is 2. The second-order valence-corrected chi connectivity index (χ2v) is 4.91. The van der Waals surface area contributed by atoms with Crippen molar-refractivity contribution in [3.05, 3.63) is 28.2 Å². The fourth-order valence-corrected chi connectivity index (χ4v) is 2.21. The molecule has 1 saturated carbocycles. The van der Waals surface area contributed by atoms with Crippen LogP contribution in [0.25, 0.3) is 0 Å². The molecule has 0 atom stereocenters. The third-order valence-corrected chi connectivity index (χ3v) is 3.36. The number of carboxylic acid groups (broad SMARTS) is 1. The molecule has 1 fully saturated rings. The lowest BCUT2D eigenvalue weighted by atomic mass is 9.80. The molecule has 1 aliphatic rings. The zero-order chi connectivity index (χ0) is 11.5. The van der Waals surface area contributed by atoms with Gasteiger partial charge < -0.3 is 9.84 Å². The van der Waals surface area contributed by atoms with Gasteiger partial charge in [-0.05, 0) is 42.5 Å². The number of halogens is 1. The predicted molar refractivity (Wildman–Crippen MR) is 63.9 cm³/mol. The number of carbonyl (C=O) groups is 1. The Morgan fingerprint density at radius 2 is 2.25 bits per heavy atom. The van der Waals surface area contributed by atoms with Gasteiger partial charge in [-0.3, -0.25) is 0 Å². The molecule has 1 N–H and O–H groups in total. The van der Waals surface area contributed by atoms with Gasteiger partial charge in [0, 0.05) is 4.47 Å². The average molecular weight is 285 g/mol. The number of rotatable bonds is 4. The highest BCUT2D eigenvalue weighted by Gasteiger charge is 2.23. The van der Waals surface area contributed by atoms with Gasteiger partial charge in [-0.2, -0.15) is 0 Å². The predicted octanol–water partition coefficient (Wildman–Crippen LogP) is 3.18. The van der Waals surface area contributed by atoms with Crippen LogP contribution in [0.3, 0.4) is 0 Å². The van der Waals surface area contributed by atoms with Crippen LogP contribution in [0.5, 0.6) is 5.75 Å². The van der Waals surface area contributed by atoms with Crippen LogP contribution in [0, 0.1) is 0 Å². The second-order valence-electron chi connectivity index (χ2n) is 3.99.